The van der Waals surface area contributed by atoms with Gasteiger partial charge in [0.25, 0.3) is 5.56 Å². The summed E-state index contributed by atoms with van der Waals surface area (Å²) in [7, 11) is 0. The van der Waals surface area contributed by atoms with Crippen LogP contribution in [-0.2, 0) is 0 Å². The third kappa shape index (κ3) is 2.06. The number of H-pyrrole nitrogens is 1. The SMILES string of the molecule is O=c1[nH]cccc1C1CCCCCC1. The van der Waals surface area contributed by atoms with Gasteiger partial charge in [0.15, 0.2) is 0 Å². The van der Waals surface area contributed by atoms with E-state index in [2.05, 4.69) is 4.98 Å². The Hall–Kier alpha value is -1.05. The summed E-state index contributed by atoms with van der Waals surface area (Å²) < 4.78 is 0. The first-order valence-corrected chi connectivity index (χ1v) is 5.55. The van der Waals surface area contributed by atoms with E-state index < -0.39 is 0 Å². The van der Waals surface area contributed by atoms with Gasteiger partial charge in [0, 0.05) is 11.8 Å². The van der Waals surface area contributed by atoms with E-state index in [1.807, 2.05) is 12.1 Å². The Bertz CT molecular complexity index is 334. The molecular weight excluding hydrogens is 174 g/mol. The second-order valence-corrected chi connectivity index (χ2v) is 4.14. The molecule has 76 valence electrons. The molecule has 0 aromatic carbocycles. The first-order chi connectivity index (χ1) is 6.88. The molecule has 2 rings (SSSR count). The lowest BCUT2D eigenvalue weighted by Crippen LogP contribution is -2.15. The molecule has 0 aliphatic heterocycles. The summed E-state index contributed by atoms with van der Waals surface area (Å²) in [5.41, 5.74) is 1.11. The largest absolute Gasteiger partial charge is 0.329 e. The van der Waals surface area contributed by atoms with Crippen molar-refractivity contribution in [1.29, 1.82) is 0 Å². The van der Waals surface area contributed by atoms with Crippen LogP contribution in [0.1, 0.15) is 50.0 Å². The molecule has 1 aromatic heterocycles. The van der Waals surface area contributed by atoms with E-state index in [4.69, 9.17) is 0 Å². The Morgan fingerprint density at radius 3 is 2.50 bits per heavy atom. The highest BCUT2D eigenvalue weighted by molar-refractivity contribution is 5.15. The standard InChI is InChI=1S/C12H17NO/c14-12-11(8-5-9-13-12)10-6-3-1-2-4-7-10/h5,8-10H,1-4,6-7H2,(H,13,14). The summed E-state index contributed by atoms with van der Waals surface area (Å²) in [6, 6.07) is 3.91. The van der Waals surface area contributed by atoms with Gasteiger partial charge in [-0.3, -0.25) is 4.79 Å². The molecule has 14 heavy (non-hydrogen) atoms. The molecule has 0 bridgehead atoms. The van der Waals surface area contributed by atoms with Crippen molar-refractivity contribution in [2.24, 2.45) is 0 Å². The number of rotatable bonds is 1. The number of hydrogen-bond donors (Lipinski definition) is 1. The molecule has 0 saturated heterocycles. The van der Waals surface area contributed by atoms with Gasteiger partial charge in [-0.25, -0.2) is 0 Å². The molecule has 0 spiro atoms. The van der Waals surface area contributed by atoms with Crippen molar-refractivity contribution in [3.8, 4) is 0 Å². The van der Waals surface area contributed by atoms with Crippen LogP contribution in [0.3, 0.4) is 0 Å². The van der Waals surface area contributed by atoms with E-state index in [0.717, 1.165) is 5.56 Å². The molecule has 0 amide bonds. The summed E-state index contributed by atoms with van der Waals surface area (Å²) in [4.78, 5) is 14.3. The first kappa shape index (κ1) is 9.50. The monoisotopic (exact) mass is 191 g/mol. The summed E-state index contributed by atoms with van der Waals surface area (Å²) in [5.74, 6) is 0.502. The highest BCUT2D eigenvalue weighted by Gasteiger charge is 2.16. The lowest BCUT2D eigenvalue weighted by atomic mass is 9.93. The molecule has 2 heteroatoms. The molecule has 1 aromatic rings. The van der Waals surface area contributed by atoms with E-state index in [0.29, 0.717) is 5.92 Å². The lowest BCUT2D eigenvalue weighted by molar-refractivity contribution is 0.586. The number of aromatic amines is 1. The van der Waals surface area contributed by atoms with Crippen LogP contribution in [0.2, 0.25) is 0 Å². The van der Waals surface area contributed by atoms with Crippen LogP contribution in [0, 0.1) is 0 Å². The second kappa shape index (κ2) is 4.45. The van der Waals surface area contributed by atoms with Gasteiger partial charge in [-0.2, -0.15) is 0 Å². The Kier molecular flexibility index (Phi) is 3.02. The Balaban J connectivity index is 2.20. The molecule has 0 unspecified atom stereocenters. The van der Waals surface area contributed by atoms with Crippen molar-refractivity contribution in [2.45, 2.75) is 44.4 Å². The Labute approximate surface area is 84.4 Å². The van der Waals surface area contributed by atoms with Gasteiger partial charge >= 0.3 is 0 Å². The van der Waals surface area contributed by atoms with Crippen LogP contribution in [-0.4, -0.2) is 4.98 Å². The van der Waals surface area contributed by atoms with Gasteiger partial charge in [0.2, 0.25) is 0 Å². The highest BCUT2D eigenvalue weighted by Crippen LogP contribution is 2.29. The third-order valence-electron chi connectivity index (χ3n) is 3.14. The molecule has 1 aliphatic carbocycles. The Morgan fingerprint density at radius 1 is 1.14 bits per heavy atom. The van der Waals surface area contributed by atoms with Crippen molar-refractivity contribution in [3.05, 3.63) is 34.2 Å². The molecular formula is C12H17NO. The highest BCUT2D eigenvalue weighted by atomic mass is 16.1. The lowest BCUT2D eigenvalue weighted by Gasteiger charge is -2.12. The maximum atomic E-state index is 11.6. The van der Waals surface area contributed by atoms with Gasteiger partial charge in [0.05, 0.1) is 0 Å². The summed E-state index contributed by atoms with van der Waals surface area (Å²) in [6.45, 7) is 0. The van der Waals surface area contributed by atoms with Crippen LogP contribution in [0.25, 0.3) is 0 Å². The first-order valence-electron chi connectivity index (χ1n) is 5.55. The quantitative estimate of drug-likeness (QED) is 0.680. The third-order valence-corrected chi connectivity index (χ3v) is 3.14. The fraction of sp³-hybridized carbons (Fsp3) is 0.583. The summed E-state index contributed by atoms with van der Waals surface area (Å²) in [6.07, 6.45) is 9.31. The van der Waals surface area contributed by atoms with Crippen LogP contribution < -0.4 is 5.56 Å². The van der Waals surface area contributed by atoms with E-state index in [-0.39, 0.29) is 5.56 Å². The number of pyridine rings is 1. The van der Waals surface area contributed by atoms with Crippen molar-refractivity contribution in [1.82, 2.24) is 4.98 Å². The zero-order valence-electron chi connectivity index (χ0n) is 8.46. The van der Waals surface area contributed by atoms with Crippen molar-refractivity contribution in [3.63, 3.8) is 0 Å². The minimum absolute atomic E-state index is 0.111. The minimum atomic E-state index is 0.111. The molecule has 2 nitrogen and oxygen atoms in total. The van der Waals surface area contributed by atoms with E-state index in [1.54, 1.807) is 6.20 Å². The topological polar surface area (TPSA) is 32.9 Å². The van der Waals surface area contributed by atoms with Gasteiger partial charge in [-0.05, 0) is 24.8 Å². The molecule has 0 radical (unpaired) electrons. The summed E-state index contributed by atoms with van der Waals surface area (Å²) >= 11 is 0. The minimum Gasteiger partial charge on any atom is -0.329 e. The van der Waals surface area contributed by atoms with E-state index >= 15 is 0 Å². The Morgan fingerprint density at radius 2 is 1.86 bits per heavy atom. The van der Waals surface area contributed by atoms with Crippen LogP contribution >= 0.6 is 0 Å². The average molecular weight is 191 g/mol. The number of nitrogens with one attached hydrogen (secondary N) is 1. The predicted molar refractivity (Wildman–Crippen MR) is 57.5 cm³/mol. The molecule has 1 saturated carbocycles. The smallest absolute Gasteiger partial charge is 0.251 e. The maximum absolute atomic E-state index is 11.6. The maximum Gasteiger partial charge on any atom is 0.251 e. The van der Waals surface area contributed by atoms with Gasteiger partial charge in [0.1, 0.15) is 0 Å². The zero-order valence-corrected chi connectivity index (χ0v) is 8.46. The van der Waals surface area contributed by atoms with Crippen LogP contribution in [0.15, 0.2) is 23.1 Å². The fourth-order valence-electron chi connectivity index (χ4n) is 2.35. The average Bonchev–Trinajstić information content (AvgIpc) is 2.47. The summed E-state index contributed by atoms with van der Waals surface area (Å²) in [5, 5.41) is 0. The second-order valence-electron chi connectivity index (χ2n) is 4.14. The van der Waals surface area contributed by atoms with Crippen LogP contribution in [0.4, 0.5) is 0 Å². The van der Waals surface area contributed by atoms with Crippen molar-refractivity contribution < 1.29 is 0 Å². The van der Waals surface area contributed by atoms with Gasteiger partial charge < -0.3 is 4.98 Å². The van der Waals surface area contributed by atoms with Crippen molar-refractivity contribution in [2.75, 3.05) is 0 Å². The predicted octanol–water partition coefficient (Wildman–Crippen LogP) is 2.81. The molecule has 1 fully saturated rings. The normalized spacial score (nSPS) is 19.1. The number of aromatic nitrogens is 1. The zero-order chi connectivity index (χ0) is 9.80. The van der Waals surface area contributed by atoms with Gasteiger partial charge in [-0.1, -0.05) is 31.7 Å². The molecule has 1 aliphatic rings. The molecule has 0 atom stereocenters. The van der Waals surface area contributed by atoms with E-state index in [1.165, 1.54) is 38.5 Å². The van der Waals surface area contributed by atoms with Crippen LogP contribution in [0.5, 0.6) is 0 Å². The van der Waals surface area contributed by atoms with E-state index in [9.17, 15) is 4.79 Å². The van der Waals surface area contributed by atoms with Crippen molar-refractivity contribution >= 4 is 0 Å². The fourth-order valence-corrected chi connectivity index (χ4v) is 2.35. The molecule has 1 N–H and O–H groups in total. The number of hydrogen-bond acceptors (Lipinski definition) is 1. The van der Waals surface area contributed by atoms with Gasteiger partial charge in [-0.15, -0.1) is 0 Å². The molecule has 1 heterocycles.